The number of nitrogens with zero attached hydrogens (tertiary/aromatic N) is 2. The van der Waals surface area contributed by atoms with Crippen LogP contribution >= 0.6 is 23.2 Å². The fourth-order valence-corrected chi connectivity index (χ4v) is 4.78. The Balaban J connectivity index is 1.24. The van der Waals surface area contributed by atoms with Gasteiger partial charge >= 0.3 is 0 Å². The Morgan fingerprint density at radius 3 is 2.55 bits per heavy atom. The van der Waals surface area contributed by atoms with Gasteiger partial charge < -0.3 is 20.3 Å². The molecule has 2 aromatic carbocycles. The first-order valence-electron chi connectivity index (χ1n) is 11.3. The van der Waals surface area contributed by atoms with Gasteiger partial charge in [-0.15, -0.1) is 0 Å². The van der Waals surface area contributed by atoms with Crippen LogP contribution < -0.4 is 20.3 Å². The van der Waals surface area contributed by atoms with E-state index in [1.807, 2.05) is 55.5 Å². The van der Waals surface area contributed by atoms with Gasteiger partial charge in [0.1, 0.15) is 5.75 Å². The molecule has 2 N–H and O–H groups in total. The summed E-state index contributed by atoms with van der Waals surface area (Å²) in [5.74, 6) is 0.683. The van der Waals surface area contributed by atoms with E-state index in [0.717, 1.165) is 55.4 Å². The lowest BCUT2D eigenvalue weighted by Crippen LogP contribution is -2.49. The topological polar surface area (TPSA) is 56.8 Å². The van der Waals surface area contributed by atoms with Gasteiger partial charge in [0.05, 0.1) is 28.8 Å². The maximum absolute atomic E-state index is 12.8. The Bertz CT molecular complexity index is 1000. The van der Waals surface area contributed by atoms with Crippen molar-refractivity contribution in [2.24, 2.45) is 5.92 Å². The number of hydrogen-bond acceptors (Lipinski definition) is 5. The van der Waals surface area contributed by atoms with Crippen molar-refractivity contribution in [3.05, 3.63) is 64.1 Å². The maximum Gasteiger partial charge on any atom is 0.229 e. The number of halogens is 2. The van der Waals surface area contributed by atoms with Crippen molar-refractivity contribution >= 4 is 40.5 Å². The summed E-state index contributed by atoms with van der Waals surface area (Å²) in [6.45, 7) is 7.09. The van der Waals surface area contributed by atoms with Gasteiger partial charge in [-0.2, -0.15) is 0 Å². The quantitative estimate of drug-likeness (QED) is 0.618. The van der Waals surface area contributed by atoms with Crippen molar-refractivity contribution in [3.63, 3.8) is 0 Å². The van der Waals surface area contributed by atoms with Crippen LogP contribution in [0.1, 0.15) is 12.5 Å². The van der Waals surface area contributed by atoms with E-state index < -0.39 is 0 Å². The van der Waals surface area contributed by atoms with Gasteiger partial charge in [-0.1, -0.05) is 29.3 Å². The van der Waals surface area contributed by atoms with E-state index in [4.69, 9.17) is 27.9 Å². The molecule has 0 radical (unpaired) electrons. The van der Waals surface area contributed by atoms with Crippen molar-refractivity contribution in [1.82, 2.24) is 15.5 Å². The van der Waals surface area contributed by atoms with E-state index >= 15 is 0 Å². The molecule has 1 saturated heterocycles. The van der Waals surface area contributed by atoms with Gasteiger partial charge in [-0.3, -0.25) is 9.69 Å². The molecule has 2 aromatic rings. The Kier molecular flexibility index (Phi) is 7.68. The van der Waals surface area contributed by atoms with Crippen LogP contribution in [-0.2, 0) is 4.79 Å². The second kappa shape index (κ2) is 10.7. The van der Waals surface area contributed by atoms with Crippen molar-refractivity contribution in [1.29, 1.82) is 0 Å². The van der Waals surface area contributed by atoms with Gasteiger partial charge in [0.25, 0.3) is 0 Å². The standard InChI is InChI=1S/C25H30Cl2N4O2/c1-17-20(16-22(29-17)18-6-8-19(33-2)9-7-18)25(32)28-10-11-30-12-14-31(15-13-30)23-5-3-4-21(26)24(23)27/h3-9,16-17,20,29H,10-15H2,1-2H3,(H,28,32). The maximum atomic E-state index is 12.8. The first-order valence-corrected chi connectivity index (χ1v) is 12.0. The van der Waals surface area contributed by atoms with Crippen LogP contribution in [0.2, 0.25) is 10.0 Å². The number of anilines is 1. The third kappa shape index (κ3) is 5.57. The van der Waals surface area contributed by atoms with Gasteiger partial charge in [0.2, 0.25) is 5.91 Å². The minimum absolute atomic E-state index is 0.0492. The number of piperazine rings is 1. The zero-order valence-electron chi connectivity index (χ0n) is 19.0. The molecule has 33 heavy (non-hydrogen) atoms. The molecule has 6 nitrogen and oxygen atoms in total. The number of ether oxygens (including phenoxy) is 1. The van der Waals surface area contributed by atoms with Crippen LogP contribution in [0.15, 0.2) is 48.5 Å². The Hall–Kier alpha value is -2.41. The highest BCUT2D eigenvalue weighted by molar-refractivity contribution is 6.43. The van der Waals surface area contributed by atoms with Crippen molar-refractivity contribution in [2.45, 2.75) is 13.0 Å². The average Bonchev–Trinajstić information content (AvgIpc) is 3.23. The summed E-state index contributed by atoms with van der Waals surface area (Å²) in [5, 5.41) is 7.74. The molecule has 2 atom stereocenters. The van der Waals surface area contributed by atoms with Gasteiger partial charge in [-0.25, -0.2) is 0 Å². The number of carbonyl (C=O) groups excluding carboxylic acids is 1. The van der Waals surface area contributed by atoms with Crippen LogP contribution in [0.25, 0.3) is 5.70 Å². The summed E-state index contributed by atoms with van der Waals surface area (Å²) in [4.78, 5) is 17.4. The predicted molar refractivity (Wildman–Crippen MR) is 135 cm³/mol. The summed E-state index contributed by atoms with van der Waals surface area (Å²) >= 11 is 12.5. The minimum Gasteiger partial charge on any atom is -0.497 e. The lowest BCUT2D eigenvalue weighted by atomic mass is 10.0. The highest BCUT2D eigenvalue weighted by Gasteiger charge is 2.30. The summed E-state index contributed by atoms with van der Waals surface area (Å²) in [6, 6.07) is 13.6. The molecule has 4 rings (SSSR count). The Labute approximate surface area is 205 Å². The first-order chi connectivity index (χ1) is 16.0. The molecule has 0 saturated carbocycles. The molecule has 176 valence electrons. The van der Waals surface area contributed by atoms with Crippen LogP contribution in [0.5, 0.6) is 5.75 Å². The lowest BCUT2D eigenvalue weighted by Gasteiger charge is -2.36. The number of rotatable bonds is 7. The smallest absolute Gasteiger partial charge is 0.229 e. The molecule has 2 aliphatic rings. The summed E-state index contributed by atoms with van der Waals surface area (Å²) in [5.41, 5.74) is 3.02. The summed E-state index contributed by atoms with van der Waals surface area (Å²) in [7, 11) is 1.65. The van der Waals surface area contributed by atoms with E-state index in [1.54, 1.807) is 7.11 Å². The summed E-state index contributed by atoms with van der Waals surface area (Å²) in [6.07, 6.45) is 2.02. The zero-order chi connectivity index (χ0) is 23.4. The van der Waals surface area contributed by atoms with E-state index in [9.17, 15) is 4.79 Å². The molecule has 0 bridgehead atoms. The van der Waals surface area contributed by atoms with Crippen molar-refractivity contribution < 1.29 is 9.53 Å². The van der Waals surface area contributed by atoms with E-state index in [-0.39, 0.29) is 17.9 Å². The second-order valence-corrected chi connectivity index (χ2v) is 9.25. The number of nitrogens with one attached hydrogen (secondary N) is 2. The monoisotopic (exact) mass is 488 g/mol. The van der Waals surface area contributed by atoms with E-state index in [2.05, 4.69) is 20.4 Å². The molecule has 8 heteroatoms. The van der Waals surface area contributed by atoms with Gasteiger partial charge in [-0.05, 0) is 55.0 Å². The first kappa shape index (κ1) is 23.7. The number of carbonyl (C=O) groups is 1. The highest BCUT2D eigenvalue weighted by Crippen LogP contribution is 2.33. The molecule has 2 aliphatic heterocycles. The minimum atomic E-state index is -0.191. The fraction of sp³-hybridized carbons (Fsp3) is 0.400. The molecule has 2 unspecified atom stereocenters. The van der Waals surface area contributed by atoms with Gasteiger partial charge in [0, 0.05) is 51.0 Å². The summed E-state index contributed by atoms with van der Waals surface area (Å²) < 4.78 is 5.22. The molecule has 0 spiro atoms. The average molecular weight is 489 g/mol. The molecular weight excluding hydrogens is 459 g/mol. The lowest BCUT2D eigenvalue weighted by molar-refractivity contribution is -0.124. The molecular formula is C25H30Cl2N4O2. The third-order valence-electron chi connectivity index (χ3n) is 6.34. The van der Waals surface area contributed by atoms with Crippen LogP contribution in [-0.4, -0.2) is 63.2 Å². The zero-order valence-corrected chi connectivity index (χ0v) is 20.5. The highest BCUT2D eigenvalue weighted by atomic mass is 35.5. The molecule has 1 fully saturated rings. The van der Waals surface area contributed by atoms with E-state index in [0.29, 0.717) is 16.6 Å². The third-order valence-corrected chi connectivity index (χ3v) is 7.15. The van der Waals surface area contributed by atoms with Crippen LogP contribution in [0.4, 0.5) is 5.69 Å². The normalized spacial score (nSPS) is 20.8. The van der Waals surface area contributed by atoms with Crippen LogP contribution in [0, 0.1) is 5.92 Å². The Morgan fingerprint density at radius 1 is 1.12 bits per heavy atom. The SMILES string of the molecule is COc1ccc(C2=CC(C(=O)NCCN3CCN(c4cccc(Cl)c4Cl)CC3)C(C)N2)cc1. The number of hydrogen-bond donors (Lipinski definition) is 2. The number of amides is 1. The number of methoxy groups -OCH3 is 1. The van der Waals surface area contributed by atoms with Crippen molar-refractivity contribution in [3.8, 4) is 5.75 Å². The predicted octanol–water partition coefficient (Wildman–Crippen LogP) is 3.89. The van der Waals surface area contributed by atoms with E-state index in [1.165, 1.54) is 0 Å². The molecule has 2 heterocycles. The molecule has 1 amide bonds. The Morgan fingerprint density at radius 2 is 1.85 bits per heavy atom. The van der Waals surface area contributed by atoms with Crippen molar-refractivity contribution in [2.75, 3.05) is 51.3 Å². The fourth-order valence-electron chi connectivity index (χ4n) is 4.36. The van der Waals surface area contributed by atoms with Gasteiger partial charge in [0.15, 0.2) is 0 Å². The molecule has 0 aliphatic carbocycles. The van der Waals surface area contributed by atoms with Crippen LogP contribution in [0.3, 0.4) is 0 Å². The largest absolute Gasteiger partial charge is 0.497 e. The second-order valence-electron chi connectivity index (χ2n) is 8.46. The molecule has 0 aromatic heterocycles. The number of benzene rings is 2.